The first-order chi connectivity index (χ1) is 17.0. The summed E-state index contributed by atoms with van der Waals surface area (Å²) < 4.78 is 0. The number of carbonyl (C=O) groups is 4. The highest BCUT2D eigenvalue weighted by Gasteiger charge is 2.27. The van der Waals surface area contributed by atoms with E-state index in [1.807, 2.05) is 19.9 Å². The van der Waals surface area contributed by atoms with Gasteiger partial charge in [-0.2, -0.15) is 0 Å². The van der Waals surface area contributed by atoms with Gasteiger partial charge < -0.3 is 31.9 Å². The van der Waals surface area contributed by atoms with Crippen LogP contribution in [0.2, 0.25) is 0 Å². The number of carboxylic acid groups (broad SMARTS) is 1. The zero-order chi connectivity index (χ0) is 26.7. The summed E-state index contributed by atoms with van der Waals surface area (Å²) in [4.78, 5) is 49.6. The molecule has 3 unspecified atom stereocenters. The summed E-state index contributed by atoms with van der Waals surface area (Å²) in [6.45, 7) is 3.48. The Morgan fingerprint density at radius 3 is 2.00 bits per heavy atom. The fourth-order valence-corrected chi connectivity index (χ4v) is 3.56. The van der Waals surface area contributed by atoms with E-state index in [1.54, 1.807) is 36.4 Å². The quantitative estimate of drug-likeness (QED) is 0.236. The van der Waals surface area contributed by atoms with E-state index in [0.717, 1.165) is 5.56 Å². The Kier molecular flexibility index (Phi) is 10.9. The van der Waals surface area contributed by atoms with Crippen molar-refractivity contribution in [2.24, 2.45) is 11.7 Å². The molecule has 0 spiro atoms. The molecule has 7 N–H and O–H groups in total. The van der Waals surface area contributed by atoms with Crippen molar-refractivity contribution in [3.05, 3.63) is 65.7 Å². The van der Waals surface area contributed by atoms with Crippen LogP contribution in [0.1, 0.15) is 31.4 Å². The lowest BCUT2D eigenvalue weighted by Gasteiger charge is -2.22. The Hall–Kier alpha value is -3.92. The first-order valence-corrected chi connectivity index (χ1v) is 11.7. The number of hydrogen-bond acceptors (Lipinski definition) is 6. The topological polar surface area (TPSA) is 171 Å². The lowest BCUT2D eigenvalue weighted by molar-refractivity contribution is -0.142. The monoisotopic (exact) mass is 498 g/mol. The number of phenolic OH excluding ortho intramolecular Hbond substituents is 1. The van der Waals surface area contributed by atoms with Crippen molar-refractivity contribution in [1.29, 1.82) is 0 Å². The molecule has 194 valence electrons. The molecule has 0 saturated heterocycles. The number of aliphatic carboxylic acids is 1. The molecule has 0 aliphatic rings. The van der Waals surface area contributed by atoms with Gasteiger partial charge in [0.05, 0.1) is 12.6 Å². The molecule has 0 radical (unpaired) electrons. The standard InChI is InChI=1S/C26H34N4O6/c1-16(2)12-20(27)24(33)28-15-23(32)29-21(13-17-6-4-3-5-7-17)25(34)30-22(26(35)36)14-18-8-10-19(31)11-9-18/h3-11,16,20-22,31H,12-15,27H2,1-2H3,(H,28,33)(H,29,32)(H,30,34)(H,35,36). The van der Waals surface area contributed by atoms with E-state index in [-0.39, 0.29) is 31.1 Å². The summed E-state index contributed by atoms with van der Waals surface area (Å²) in [5, 5.41) is 26.6. The highest BCUT2D eigenvalue weighted by Crippen LogP contribution is 2.12. The van der Waals surface area contributed by atoms with Crippen molar-refractivity contribution >= 4 is 23.7 Å². The number of carbonyl (C=O) groups excluding carboxylic acids is 3. The number of nitrogens with two attached hydrogens (primary N) is 1. The summed E-state index contributed by atoms with van der Waals surface area (Å²) in [6.07, 6.45) is 0.562. The Balaban J connectivity index is 2.08. The van der Waals surface area contributed by atoms with Gasteiger partial charge in [-0.25, -0.2) is 4.79 Å². The fraction of sp³-hybridized carbons (Fsp3) is 0.385. The summed E-state index contributed by atoms with van der Waals surface area (Å²) >= 11 is 0. The molecule has 2 rings (SSSR count). The van der Waals surface area contributed by atoms with E-state index in [1.165, 1.54) is 12.1 Å². The van der Waals surface area contributed by atoms with Crippen LogP contribution in [-0.2, 0) is 32.0 Å². The number of aromatic hydroxyl groups is 1. The van der Waals surface area contributed by atoms with Crippen LogP contribution in [0.3, 0.4) is 0 Å². The summed E-state index contributed by atoms with van der Waals surface area (Å²) in [7, 11) is 0. The van der Waals surface area contributed by atoms with Crippen LogP contribution in [0.25, 0.3) is 0 Å². The second-order valence-corrected chi connectivity index (χ2v) is 9.03. The van der Waals surface area contributed by atoms with E-state index in [2.05, 4.69) is 16.0 Å². The van der Waals surface area contributed by atoms with Gasteiger partial charge in [0.25, 0.3) is 0 Å². The Morgan fingerprint density at radius 1 is 0.833 bits per heavy atom. The third kappa shape index (κ3) is 9.75. The van der Waals surface area contributed by atoms with Crippen LogP contribution in [0, 0.1) is 5.92 Å². The van der Waals surface area contributed by atoms with E-state index in [4.69, 9.17) is 5.73 Å². The van der Waals surface area contributed by atoms with Gasteiger partial charge in [0.2, 0.25) is 17.7 Å². The lowest BCUT2D eigenvalue weighted by atomic mass is 10.0. The molecule has 10 nitrogen and oxygen atoms in total. The van der Waals surface area contributed by atoms with Crippen molar-refractivity contribution in [3.63, 3.8) is 0 Å². The zero-order valence-corrected chi connectivity index (χ0v) is 20.4. The van der Waals surface area contributed by atoms with Crippen LogP contribution in [0.5, 0.6) is 5.75 Å². The number of carboxylic acids is 1. The van der Waals surface area contributed by atoms with Crippen LogP contribution in [0.15, 0.2) is 54.6 Å². The predicted molar refractivity (Wildman–Crippen MR) is 134 cm³/mol. The summed E-state index contributed by atoms with van der Waals surface area (Å²) in [5.41, 5.74) is 7.19. The minimum absolute atomic E-state index is 0.0167. The maximum absolute atomic E-state index is 13.1. The van der Waals surface area contributed by atoms with Crippen molar-refractivity contribution in [2.75, 3.05) is 6.54 Å². The van der Waals surface area contributed by atoms with Gasteiger partial charge in [-0.15, -0.1) is 0 Å². The van der Waals surface area contributed by atoms with Gasteiger partial charge in [0.15, 0.2) is 0 Å². The number of hydrogen-bond donors (Lipinski definition) is 6. The van der Waals surface area contributed by atoms with E-state index < -0.39 is 41.8 Å². The molecule has 0 fully saturated rings. The molecule has 0 saturated carbocycles. The normalized spacial score (nSPS) is 13.3. The molecule has 36 heavy (non-hydrogen) atoms. The molecule has 0 aromatic heterocycles. The van der Waals surface area contributed by atoms with E-state index in [0.29, 0.717) is 12.0 Å². The average Bonchev–Trinajstić information content (AvgIpc) is 2.83. The van der Waals surface area contributed by atoms with Crippen molar-refractivity contribution in [2.45, 2.75) is 51.2 Å². The number of benzene rings is 2. The van der Waals surface area contributed by atoms with Crippen molar-refractivity contribution in [1.82, 2.24) is 16.0 Å². The zero-order valence-electron chi connectivity index (χ0n) is 20.4. The largest absolute Gasteiger partial charge is 0.508 e. The first kappa shape index (κ1) is 28.3. The molecule has 0 heterocycles. The van der Waals surface area contributed by atoms with Crippen LogP contribution in [0.4, 0.5) is 0 Å². The van der Waals surface area contributed by atoms with Gasteiger partial charge in [0.1, 0.15) is 17.8 Å². The molecule has 10 heteroatoms. The Labute approximate surface area is 210 Å². The maximum atomic E-state index is 13.1. The molecule has 0 aliphatic heterocycles. The van der Waals surface area contributed by atoms with Gasteiger partial charge in [0, 0.05) is 12.8 Å². The maximum Gasteiger partial charge on any atom is 0.326 e. The van der Waals surface area contributed by atoms with Gasteiger partial charge in [-0.05, 0) is 35.6 Å². The molecule has 3 atom stereocenters. The molecule has 2 aromatic carbocycles. The van der Waals surface area contributed by atoms with Gasteiger partial charge >= 0.3 is 5.97 Å². The third-order valence-corrected chi connectivity index (χ3v) is 5.41. The Morgan fingerprint density at radius 2 is 1.42 bits per heavy atom. The van der Waals surface area contributed by atoms with Crippen LogP contribution < -0.4 is 21.7 Å². The van der Waals surface area contributed by atoms with E-state index >= 15 is 0 Å². The van der Waals surface area contributed by atoms with Crippen molar-refractivity contribution in [3.8, 4) is 5.75 Å². The lowest BCUT2D eigenvalue weighted by Crippen LogP contribution is -2.54. The second-order valence-electron chi connectivity index (χ2n) is 9.03. The molecule has 0 aliphatic carbocycles. The number of rotatable bonds is 13. The Bertz CT molecular complexity index is 1030. The van der Waals surface area contributed by atoms with Crippen LogP contribution >= 0.6 is 0 Å². The average molecular weight is 499 g/mol. The molecular formula is C26H34N4O6. The second kappa shape index (κ2) is 13.8. The van der Waals surface area contributed by atoms with E-state index in [9.17, 15) is 29.4 Å². The number of amides is 3. The highest BCUT2D eigenvalue weighted by molar-refractivity contribution is 5.92. The minimum atomic E-state index is -1.26. The first-order valence-electron chi connectivity index (χ1n) is 11.7. The SMILES string of the molecule is CC(C)CC(N)C(=O)NCC(=O)NC(Cc1ccccc1)C(=O)NC(Cc1ccc(O)cc1)C(=O)O. The summed E-state index contributed by atoms with van der Waals surface area (Å²) in [5.74, 6) is -2.75. The van der Waals surface area contributed by atoms with Gasteiger partial charge in [-0.1, -0.05) is 56.3 Å². The molecule has 0 bridgehead atoms. The molecule has 3 amide bonds. The third-order valence-electron chi connectivity index (χ3n) is 5.41. The summed E-state index contributed by atoms with van der Waals surface area (Å²) in [6, 6.07) is 11.8. The smallest absolute Gasteiger partial charge is 0.326 e. The fourth-order valence-electron chi connectivity index (χ4n) is 3.56. The minimum Gasteiger partial charge on any atom is -0.508 e. The number of nitrogens with one attached hydrogen (secondary N) is 3. The number of phenols is 1. The van der Waals surface area contributed by atoms with Gasteiger partial charge in [-0.3, -0.25) is 14.4 Å². The molecular weight excluding hydrogens is 464 g/mol. The van der Waals surface area contributed by atoms with Crippen molar-refractivity contribution < 1.29 is 29.4 Å². The highest BCUT2D eigenvalue weighted by atomic mass is 16.4. The molecule has 2 aromatic rings. The predicted octanol–water partition coefficient (Wildman–Crippen LogP) is 0.721. The van der Waals surface area contributed by atoms with Crippen LogP contribution in [-0.4, -0.2) is 58.6 Å².